The number of ether oxygens (including phenoxy) is 1. The first-order chi connectivity index (χ1) is 12.1. The first-order valence-electron chi connectivity index (χ1n) is 7.76. The number of pyridine rings is 1. The quantitative estimate of drug-likeness (QED) is 0.532. The average Bonchev–Trinajstić information content (AvgIpc) is 2.63. The van der Waals surface area contributed by atoms with Crippen LogP contribution in [0.1, 0.15) is 12.5 Å². The molecule has 1 aromatic heterocycles. The molecule has 0 unspecified atom stereocenters. The van der Waals surface area contributed by atoms with Gasteiger partial charge in [-0.1, -0.05) is 18.2 Å². The maximum Gasteiger partial charge on any atom is 0.344 e. The SMILES string of the molecule is C[C@@H](Oc1ccc(/C=N\Nc2ccc3ccccc3n2)cc1)C(=O)O. The number of hydrazone groups is 1. The highest BCUT2D eigenvalue weighted by Gasteiger charge is 2.11. The lowest BCUT2D eigenvalue weighted by Crippen LogP contribution is -2.22. The van der Waals surface area contributed by atoms with E-state index in [0.29, 0.717) is 11.6 Å². The molecule has 2 aromatic carbocycles. The molecule has 0 saturated heterocycles. The number of anilines is 1. The molecule has 3 aromatic rings. The summed E-state index contributed by atoms with van der Waals surface area (Å²) in [6, 6.07) is 18.7. The van der Waals surface area contributed by atoms with Crippen LogP contribution in [0.4, 0.5) is 5.82 Å². The number of benzene rings is 2. The predicted octanol–water partition coefficient (Wildman–Crippen LogP) is 3.53. The van der Waals surface area contributed by atoms with Gasteiger partial charge in [-0.25, -0.2) is 9.78 Å². The summed E-state index contributed by atoms with van der Waals surface area (Å²) >= 11 is 0. The molecular weight excluding hydrogens is 318 g/mol. The van der Waals surface area contributed by atoms with Gasteiger partial charge in [0.15, 0.2) is 6.10 Å². The number of hydrogen-bond acceptors (Lipinski definition) is 5. The lowest BCUT2D eigenvalue weighted by molar-refractivity contribution is -0.144. The van der Waals surface area contributed by atoms with Crippen molar-refractivity contribution < 1.29 is 14.6 Å². The molecule has 0 bridgehead atoms. The van der Waals surface area contributed by atoms with Crippen LogP contribution in [-0.4, -0.2) is 28.4 Å². The van der Waals surface area contributed by atoms with Crippen LogP contribution in [-0.2, 0) is 4.79 Å². The first kappa shape index (κ1) is 16.4. The minimum absolute atomic E-state index is 0.496. The van der Waals surface area contributed by atoms with E-state index in [-0.39, 0.29) is 0 Å². The smallest absolute Gasteiger partial charge is 0.344 e. The van der Waals surface area contributed by atoms with Crippen molar-refractivity contribution in [1.82, 2.24) is 4.98 Å². The molecule has 1 atom stereocenters. The highest BCUT2D eigenvalue weighted by atomic mass is 16.5. The van der Waals surface area contributed by atoms with Gasteiger partial charge in [-0.15, -0.1) is 0 Å². The molecule has 0 aliphatic heterocycles. The summed E-state index contributed by atoms with van der Waals surface area (Å²) in [5.41, 5.74) is 4.65. The third kappa shape index (κ3) is 4.32. The first-order valence-corrected chi connectivity index (χ1v) is 7.76. The Kier molecular flexibility index (Phi) is 4.89. The number of carboxylic acids is 1. The van der Waals surface area contributed by atoms with Gasteiger partial charge < -0.3 is 9.84 Å². The minimum atomic E-state index is -1.00. The van der Waals surface area contributed by atoms with Crippen molar-refractivity contribution in [3.63, 3.8) is 0 Å². The summed E-state index contributed by atoms with van der Waals surface area (Å²) in [5, 5.41) is 14.1. The van der Waals surface area contributed by atoms with Crippen LogP contribution in [0.2, 0.25) is 0 Å². The summed E-state index contributed by atoms with van der Waals surface area (Å²) in [5.74, 6) is 0.152. The molecule has 3 rings (SSSR count). The Bertz CT molecular complexity index is 907. The van der Waals surface area contributed by atoms with Crippen LogP contribution in [0.5, 0.6) is 5.75 Å². The Morgan fingerprint density at radius 1 is 1.16 bits per heavy atom. The number of para-hydroxylation sites is 1. The van der Waals surface area contributed by atoms with Crippen LogP contribution < -0.4 is 10.2 Å². The lowest BCUT2D eigenvalue weighted by Gasteiger charge is -2.09. The zero-order chi connectivity index (χ0) is 17.6. The number of rotatable bonds is 6. The van der Waals surface area contributed by atoms with Gasteiger partial charge in [-0.05, 0) is 55.0 Å². The van der Waals surface area contributed by atoms with E-state index < -0.39 is 12.1 Å². The normalized spacial score (nSPS) is 12.2. The number of aliphatic carboxylic acids is 1. The molecule has 1 heterocycles. The van der Waals surface area contributed by atoms with Crippen molar-refractivity contribution in [2.75, 3.05) is 5.43 Å². The van der Waals surface area contributed by atoms with Gasteiger partial charge in [0.2, 0.25) is 0 Å². The van der Waals surface area contributed by atoms with Crippen LogP contribution in [0.3, 0.4) is 0 Å². The van der Waals surface area contributed by atoms with Crippen molar-refractivity contribution in [2.45, 2.75) is 13.0 Å². The van der Waals surface area contributed by atoms with Crippen molar-refractivity contribution in [3.05, 3.63) is 66.2 Å². The second-order valence-electron chi connectivity index (χ2n) is 5.43. The summed E-state index contributed by atoms with van der Waals surface area (Å²) in [7, 11) is 0. The van der Waals surface area contributed by atoms with Gasteiger partial charge in [0.25, 0.3) is 0 Å². The highest BCUT2D eigenvalue weighted by Crippen LogP contribution is 2.15. The number of fused-ring (bicyclic) bond motifs is 1. The molecule has 0 saturated carbocycles. The largest absolute Gasteiger partial charge is 0.479 e. The maximum atomic E-state index is 10.8. The van der Waals surface area contributed by atoms with Gasteiger partial charge in [0.05, 0.1) is 11.7 Å². The summed E-state index contributed by atoms with van der Waals surface area (Å²) in [4.78, 5) is 15.2. The topological polar surface area (TPSA) is 83.8 Å². The molecular formula is C19H17N3O3. The van der Waals surface area contributed by atoms with E-state index in [0.717, 1.165) is 16.5 Å². The molecule has 0 fully saturated rings. The van der Waals surface area contributed by atoms with E-state index >= 15 is 0 Å². The number of carboxylic acid groups (broad SMARTS) is 1. The Morgan fingerprint density at radius 2 is 1.92 bits per heavy atom. The van der Waals surface area contributed by atoms with Gasteiger partial charge in [-0.3, -0.25) is 5.43 Å². The van der Waals surface area contributed by atoms with E-state index in [2.05, 4.69) is 15.5 Å². The highest BCUT2D eigenvalue weighted by molar-refractivity contribution is 5.82. The van der Waals surface area contributed by atoms with E-state index in [9.17, 15) is 4.79 Å². The van der Waals surface area contributed by atoms with E-state index in [1.807, 2.05) is 36.4 Å². The molecule has 6 heteroatoms. The Balaban J connectivity index is 1.62. The Morgan fingerprint density at radius 3 is 2.68 bits per heavy atom. The number of hydrogen-bond donors (Lipinski definition) is 2. The van der Waals surface area contributed by atoms with Crippen molar-refractivity contribution in [3.8, 4) is 5.75 Å². The van der Waals surface area contributed by atoms with Crippen molar-refractivity contribution in [1.29, 1.82) is 0 Å². The van der Waals surface area contributed by atoms with Crippen LogP contribution >= 0.6 is 0 Å². The monoisotopic (exact) mass is 335 g/mol. The zero-order valence-corrected chi connectivity index (χ0v) is 13.6. The maximum absolute atomic E-state index is 10.8. The fourth-order valence-corrected chi connectivity index (χ4v) is 2.19. The third-order valence-electron chi connectivity index (χ3n) is 3.53. The molecule has 0 aliphatic carbocycles. The molecule has 0 spiro atoms. The van der Waals surface area contributed by atoms with Crippen LogP contribution in [0.15, 0.2) is 65.8 Å². The molecule has 2 N–H and O–H groups in total. The average molecular weight is 335 g/mol. The Labute approximate surface area is 144 Å². The van der Waals surface area contributed by atoms with E-state index in [4.69, 9.17) is 9.84 Å². The van der Waals surface area contributed by atoms with Gasteiger partial charge in [0.1, 0.15) is 11.6 Å². The summed E-state index contributed by atoms with van der Waals surface area (Å²) in [6.45, 7) is 1.48. The summed E-state index contributed by atoms with van der Waals surface area (Å²) < 4.78 is 5.28. The van der Waals surface area contributed by atoms with Gasteiger partial charge in [-0.2, -0.15) is 5.10 Å². The molecule has 0 aliphatic rings. The molecule has 0 amide bonds. The molecule has 0 radical (unpaired) electrons. The number of nitrogens with zero attached hydrogens (tertiary/aromatic N) is 2. The summed E-state index contributed by atoms with van der Waals surface area (Å²) in [6.07, 6.45) is 0.765. The van der Waals surface area contributed by atoms with Crippen molar-refractivity contribution >= 4 is 28.9 Å². The fraction of sp³-hybridized carbons (Fsp3) is 0.105. The fourth-order valence-electron chi connectivity index (χ4n) is 2.19. The molecule has 126 valence electrons. The minimum Gasteiger partial charge on any atom is -0.479 e. The van der Waals surface area contributed by atoms with Crippen LogP contribution in [0, 0.1) is 0 Å². The van der Waals surface area contributed by atoms with E-state index in [1.165, 1.54) is 6.92 Å². The lowest BCUT2D eigenvalue weighted by atomic mass is 10.2. The van der Waals surface area contributed by atoms with Gasteiger partial charge >= 0.3 is 5.97 Å². The molecule has 25 heavy (non-hydrogen) atoms. The molecule has 6 nitrogen and oxygen atoms in total. The van der Waals surface area contributed by atoms with Crippen molar-refractivity contribution in [2.24, 2.45) is 5.10 Å². The Hall–Kier alpha value is -3.41. The van der Waals surface area contributed by atoms with E-state index in [1.54, 1.807) is 30.5 Å². The second kappa shape index (κ2) is 7.44. The number of carbonyl (C=O) groups is 1. The number of nitrogens with one attached hydrogen (secondary N) is 1. The standard InChI is InChI=1S/C19H17N3O3/c1-13(19(23)24)25-16-9-6-14(7-10-16)12-20-22-18-11-8-15-4-2-3-5-17(15)21-18/h2-13H,1H3,(H,21,22)(H,23,24)/b20-12-/t13-/m1/s1. The number of aromatic nitrogens is 1. The third-order valence-corrected chi connectivity index (χ3v) is 3.53. The zero-order valence-electron chi connectivity index (χ0n) is 13.6. The van der Waals surface area contributed by atoms with Gasteiger partial charge in [0, 0.05) is 5.39 Å². The predicted molar refractivity (Wildman–Crippen MR) is 97.1 cm³/mol. The second-order valence-corrected chi connectivity index (χ2v) is 5.43. The van der Waals surface area contributed by atoms with Crippen LogP contribution in [0.25, 0.3) is 10.9 Å².